The van der Waals surface area contributed by atoms with Gasteiger partial charge in [0.2, 0.25) is 5.91 Å². The van der Waals surface area contributed by atoms with Crippen molar-refractivity contribution >= 4 is 11.6 Å². The summed E-state index contributed by atoms with van der Waals surface area (Å²) in [5.74, 6) is 0.729. The van der Waals surface area contributed by atoms with Crippen LogP contribution in [0.25, 0.3) is 0 Å². The Morgan fingerprint density at radius 2 is 1.80 bits per heavy atom. The fourth-order valence-corrected chi connectivity index (χ4v) is 2.30. The minimum absolute atomic E-state index is 0.133. The molecule has 0 aliphatic rings. The van der Waals surface area contributed by atoms with Gasteiger partial charge in [0.1, 0.15) is 18.1 Å². The average molecular weight is 345 g/mol. The molecule has 0 unspecified atom stereocenters. The first-order valence-electron chi connectivity index (χ1n) is 7.93. The van der Waals surface area contributed by atoms with Gasteiger partial charge in [-0.15, -0.1) is 0 Å². The smallest absolute Gasteiger partial charge is 0.228 e. The highest BCUT2D eigenvalue weighted by Crippen LogP contribution is 2.22. The Bertz CT molecular complexity index is 685. The van der Waals surface area contributed by atoms with Gasteiger partial charge in [-0.2, -0.15) is 0 Å². The van der Waals surface area contributed by atoms with Gasteiger partial charge in [0, 0.05) is 25.5 Å². The minimum Gasteiger partial charge on any atom is -0.508 e. The zero-order valence-corrected chi connectivity index (χ0v) is 14.5. The van der Waals surface area contributed by atoms with Crippen molar-refractivity contribution in [3.63, 3.8) is 0 Å². The average Bonchev–Trinajstić information content (AvgIpc) is 2.59. The van der Waals surface area contributed by atoms with Crippen molar-refractivity contribution in [2.24, 2.45) is 0 Å². The molecule has 0 bridgehead atoms. The number of carbonyl (C=O) groups is 1. The van der Waals surface area contributed by atoms with E-state index in [1.807, 2.05) is 24.3 Å². The zero-order chi connectivity index (χ0) is 18.1. The number of aromatic hydroxyl groups is 1. The Morgan fingerprint density at radius 3 is 2.48 bits per heavy atom. The summed E-state index contributed by atoms with van der Waals surface area (Å²) in [6.07, 6.45) is 0.242. The monoisotopic (exact) mass is 345 g/mol. The van der Waals surface area contributed by atoms with Gasteiger partial charge in [-0.25, -0.2) is 0 Å². The highest BCUT2D eigenvalue weighted by atomic mass is 16.5. The molecule has 0 spiro atoms. The van der Waals surface area contributed by atoms with Crippen LogP contribution in [0.15, 0.2) is 42.5 Å². The molecule has 0 aliphatic heterocycles. The molecule has 6 heteroatoms. The maximum atomic E-state index is 12.3. The number of anilines is 1. The van der Waals surface area contributed by atoms with Gasteiger partial charge in [0.25, 0.3) is 0 Å². The Balaban J connectivity index is 1.94. The number of rotatable bonds is 9. The van der Waals surface area contributed by atoms with Crippen LogP contribution in [0.3, 0.4) is 0 Å². The third-order valence-electron chi connectivity index (χ3n) is 3.51. The first-order chi connectivity index (χ1) is 12.1. The normalized spacial score (nSPS) is 10.5. The second-order valence-electron chi connectivity index (χ2n) is 5.48. The summed E-state index contributed by atoms with van der Waals surface area (Å²) in [5.41, 5.74) is 2.23. The fraction of sp³-hybridized carbons (Fsp3) is 0.316. The van der Waals surface area contributed by atoms with Crippen molar-refractivity contribution in [3.8, 4) is 11.5 Å². The number of methoxy groups -OCH3 is 2. The molecule has 2 rings (SSSR count). The molecule has 2 aromatic carbocycles. The van der Waals surface area contributed by atoms with E-state index in [-0.39, 0.29) is 18.1 Å². The summed E-state index contributed by atoms with van der Waals surface area (Å²) in [5, 5.41) is 12.4. The highest BCUT2D eigenvalue weighted by molar-refractivity contribution is 5.93. The van der Waals surface area contributed by atoms with Crippen molar-refractivity contribution in [2.75, 3.05) is 32.8 Å². The quantitative estimate of drug-likeness (QED) is 0.540. The molecule has 1 amide bonds. The number of amides is 1. The van der Waals surface area contributed by atoms with E-state index in [0.29, 0.717) is 25.5 Å². The first kappa shape index (κ1) is 18.8. The summed E-state index contributed by atoms with van der Waals surface area (Å²) < 4.78 is 15.5. The molecule has 0 saturated heterocycles. The van der Waals surface area contributed by atoms with Gasteiger partial charge < -0.3 is 24.6 Å². The van der Waals surface area contributed by atoms with E-state index in [4.69, 9.17) is 14.2 Å². The molecule has 0 heterocycles. The van der Waals surface area contributed by atoms with Crippen LogP contribution in [0.5, 0.6) is 11.5 Å². The van der Waals surface area contributed by atoms with Gasteiger partial charge >= 0.3 is 0 Å². The number of ether oxygens (including phenoxy) is 3. The number of hydrogen-bond donors (Lipinski definition) is 2. The lowest BCUT2D eigenvalue weighted by molar-refractivity contribution is -0.115. The predicted molar refractivity (Wildman–Crippen MR) is 95.0 cm³/mol. The van der Waals surface area contributed by atoms with Crippen LogP contribution < -0.4 is 10.1 Å². The van der Waals surface area contributed by atoms with E-state index in [0.717, 1.165) is 16.9 Å². The molecule has 134 valence electrons. The van der Waals surface area contributed by atoms with Crippen molar-refractivity contribution in [2.45, 2.75) is 13.0 Å². The molecule has 0 saturated carbocycles. The molecule has 25 heavy (non-hydrogen) atoms. The Kier molecular flexibility index (Phi) is 7.25. The highest BCUT2D eigenvalue weighted by Gasteiger charge is 2.09. The molecule has 2 aromatic rings. The SMILES string of the molecule is COCCOc1ccc(CC(=O)Nc2ccc(O)cc2COC)cc1. The van der Waals surface area contributed by atoms with Gasteiger partial charge in [0.15, 0.2) is 0 Å². The van der Waals surface area contributed by atoms with Gasteiger partial charge in [0.05, 0.1) is 19.6 Å². The number of phenols is 1. The third-order valence-corrected chi connectivity index (χ3v) is 3.51. The summed E-state index contributed by atoms with van der Waals surface area (Å²) in [7, 11) is 3.18. The van der Waals surface area contributed by atoms with Crippen molar-refractivity contribution in [1.29, 1.82) is 0 Å². The van der Waals surface area contributed by atoms with Crippen molar-refractivity contribution in [3.05, 3.63) is 53.6 Å². The topological polar surface area (TPSA) is 77.0 Å². The Labute approximate surface area is 147 Å². The van der Waals surface area contributed by atoms with Crippen LogP contribution >= 0.6 is 0 Å². The molecule has 0 aliphatic carbocycles. The van der Waals surface area contributed by atoms with Crippen molar-refractivity contribution < 1.29 is 24.1 Å². The summed E-state index contributed by atoms with van der Waals surface area (Å²) in [6, 6.07) is 12.1. The van der Waals surface area contributed by atoms with E-state index >= 15 is 0 Å². The van der Waals surface area contributed by atoms with Gasteiger partial charge in [-0.3, -0.25) is 4.79 Å². The fourth-order valence-electron chi connectivity index (χ4n) is 2.30. The first-order valence-corrected chi connectivity index (χ1v) is 7.93. The number of benzene rings is 2. The third kappa shape index (κ3) is 6.10. The van der Waals surface area contributed by atoms with E-state index in [1.165, 1.54) is 6.07 Å². The number of phenolic OH excluding ortho intramolecular Hbond substituents is 1. The van der Waals surface area contributed by atoms with Crippen LogP contribution in [-0.4, -0.2) is 38.4 Å². The summed E-state index contributed by atoms with van der Waals surface area (Å²) >= 11 is 0. The molecule has 0 radical (unpaired) electrons. The van der Waals surface area contributed by atoms with Crippen LogP contribution in [0.1, 0.15) is 11.1 Å². The Hall–Kier alpha value is -2.57. The zero-order valence-electron chi connectivity index (χ0n) is 14.5. The standard InChI is InChI=1S/C19H23NO5/c1-23-9-10-25-17-6-3-14(4-7-17)11-19(22)20-18-8-5-16(21)12-15(18)13-24-2/h3-8,12,21H,9-11,13H2,1-2H3,(H,20,22). The van der Waals surface area contributed by atoms with Crippen LogP contribution in [0.4, 0.5) is 5.69 Å². The molecule has 2 N–H and O–H groups in total. The number of hydrogen-bond acceptors (Lipinski definition) is 5. The lowest BCUT2D eigenvalue weighted by atomic mass is 10.1. The van der Waals surface area contributed by atoms with E-state index in [1.54, 1.807) is 26.4 Å². The Morgan fingerprint density at radius 1 is 1.04 bits per heavy atom. The van der Waals surface area contributed by atoms with Crippen molar-refractivity contribution in [1.82, 2.24) is 0 Å². The lowest BCUT2D eigenvalue weighted by Gasteiger charge is -2.11. The van der Waals surface area contributed by atoms with E-state index < -0.39 is 0 Å². The number of carbonyl (C=O) groups excluding carboxylic acids is 1. The largest absolute Gasteiger partial charge is 0.508 e. The molecule has 6 nitrogen and oxygen atoms in total. The van der Waals surface area contributed by atoms with Gasteiger partial charge in [-0.1, -0.05) is 12.1 Å². The summed E-state index contributed by atoms with van der Waals surface area (Å²) in [6.45, 7) is 1.32. The van der Waals surface area contributed by atoms with Crippen LogP contribution in [0.2, 0.25) is 0 Å². The van der Waals surface area contributed by atoms with E-state index in [2.05, 4.69) is 5.32 Å². The van der Waals surface area contributed by atoms with Crippen LogP contribution in [-0.2, 0) is 27.3 Å². The predicted octanol–water partition coefficient (Wildman–Crippen LogP) is 2.75. The molecular weight excluding hydrogens is 322 g/mol. The minimum atomic E-state index is -0.143. The second kappa shape index (κ2) is 9.66. The maximum absolute atomic E-state index is 12.3. The van der Waals surface area contributed by atoms with Crippen LogP contribution in [0, 0.1) is 0 Å². The molecule has 0 atom stereocenters. The lowest BCUT2D eigenvalue weighted by Crippen LogP contribution is -2.15. The summed E-state index contributed by atoms with van der Waals surface area (Å²) in [4.78, 5) is 12.3. The maximum Gasteiger partial charge on any atom is 0.228 e. The van der Waals surface area contributed by atoms with E-state index in [9.17, 15) is 9.90 Å². The molecule has 0 fully saturated rings. The number of nitrogens with one attached hydrogen (secondary N) is 1. The molecule has 0 aromatic heterocycles. The molecular formula is C19H23NO5. The second-order valence-corrected chi connectivity index (χ2v) is 5.48. The van der Waals surface area contributed by atoms with Gasteiger partial charge in [-0.05, 0) is 35.9 Å².